The molecule has 3 aromatic rings. The molecule has 0 saturated carbocycles. The molecule has 0 fully saturated rings. The highest BCUT2D eigenvalue weighted by Gasteiger charge is 2.39. The van der Waals surface area contributed by atoms with Gasteiger partial charge in [0, 0.05) is 12.4 Å². The second-order valence-corrected chi connectivity index (χ2v) is 5.79. The van der Waals surface area contributed by atoms with Crippen LogP contribution < -0.4 is 0 Å². The van der Waals surface area contributed by atoms with Crippen molar-refractivity contribution in [3.63, 3.8) is 0 Å². The third kappa shape index (κ3) is 1.90. The van der Waals surface area contributed by atoms with Crippen LogP contribution in [0.15, 0.2) is 48.8 Å². The van der Waals surface area contributed by atoms with Gasteiger partial charge in [-0.1, -0.05) is 18.2 Å². The van der Waals surface area contributed by atoms with Gasteiger partial charge >= 0.3 is 0 Å². The van der Waals surface area contributed by atoms with Crippen LogP contribution in [0.4, 0.5) is 0 Å². The first kappa shape index (κ1) is 13.7. The number of nitrogens with zero attached hydrogens (tertiary/aromatic N) is 3. The first-order chi connectivity index (χ1) is 11.1. The molecular weight excluding hydrogens is 290 g/mol. The van der Waals surface area contributed by atoms with Crippen LogP contribution in [0.2, 0.25) is 0 Å². The number of carbonyl (C=O) groups excluding carboxylic acids is 2. The van der Waals surface area contributed by atoms with E-state index in [2.05, 4.69) is 4.98 Å². The number of amides is 2. The summed E-state index contributed by atoms with van der Waals surface area (Å²) in [6.07, 6.45) is 3.78. The highest BCUT2D eigenvalue weighted by atomic mass is 16.2. The number of aromatic nitrogens is 2. The monoisotopic (exact) mass is 305 g/mol. The average Bonchev–Trinajstić information content (AvgIpc) is 3.09. The second kappa shape index (κ2) is 4.78. The molecule has 5 nitrogen and oxygen atoms in total. The van der Waals surface area contributed by atoms with E-state index in [-0.39, 0.29) is 11.8 Å². The summed E-state index contributed by atoms with van der Waals surface area (Å²) in [6.45, 7) is 3.82. The van der Waals surface area contributed by atoms with E-state index >= 15 is 0 Å². The molecule has 4 rings (SSSR count). The summed E-state index contributed by atoms with van der Waals surface area (Å²) in [5, 5.41) is 0. The lowest BCUT2D eigenvalue weighted by Crippen LogP contribution is -2.32. The Kier molecular flexibility index (Phi) is 2.84. The van der Waals surface area contributed by atoms with Crippen LogP contribution in [-0.4, -0.2) is 26.1 Å². The molecule has 0 spiro atoms. The van der Waals surface area contributed by atoms with Gasteiger partial charge in [-0.25, -0.2) is 4.98 Å². The van der Waals surface area contributed by atoms with Crippen molar-refractivity contribution in [1.29, 1.82) is 0 Å². The Hall–Kier alpha value is -2.95. The number of pyridine rings is 1. The maximum Gasteiger partial charge on any atom is 0.262 e. The van der Waals surface area contributed by atoms with E-state index in [4.69, 9.17) is 0 Å². The normalized spacial score (nSPS) is 15.3. The highest BCUT2D eigenvalue weighted by Crippen LogP contribution is 2.31. The van der Waals surface area contributed by atoms with Crippen LogP contribution in [0.25, 0.3) is 5.65 Å². The predicted octanol–water partition coefficient (Wildman–Crippen LogP) is 3.00. The van der Waals surface area contributed by atoms with Gasteiger partial charge in [0.25, 0.3) is 11.8 Å². The summed E-state index contributed by atoms with van der Waals surface area (Å²) in [4.78, 5) is 31.0. The van der Waals surface area contributed by atoms with Gasteiger partial charge in [0.1, 0.15) is 5.65 Å². The SMILES string of the molecule is Cc1cccn2cc(C(C)N3C(=O)c4ccccc4C3=O)nc12. The van der Waals surface area contributed by atoms with Crippen LogP contribution in [0.5, 0.6) is 0 Å². The van der Waals surface area contributed by atoms with Crippen molar-refractivity contribution >= 4 is 17.5 Å². The van der Waals surface area contributed by atoms with Crippen LogP contribution >= 0.6 is 0 Å². The number of imidazole rings is 1. The molecule has 0 saturated heterocycles. The third-order valence-electron chi connectivity index (χ3n) is 4.34. The molecular formula is C18H15N3O2. The highest BCUT2D eigenvalue weighted by molar-refractivity contribution is 6.21. The molecule has 1 aliphatic heterocycles. The lowest BCUT2D eigenvalue weighted by molar-refractivity contribution is 0.0592. The minimum absolute atomic E-state index is 0.258. The maximum atomic E-state index is 12.6. The van der Waals surface area contributed by atoms with Gasteiger partial charge in [0.2, 0.25) is 0 Å². The van der Waals surface area contributed by atoms with E-state index in [1.165, 1.54) is 4.90 Å². The van der Waals surface area contributed by atoms with Crippen molar-refractivity contribution in [3.8, 4) is 0 Å². The zero-order chi connectivity index (χ0) is 16.1. The molecule has 2 aromatic heterocycles. The Morgan fingerprint density at radius 3 is 2.26 bits per heavy atom. The number of fused-ring (bicyclic) bond motifs is 2. The van der Waals surface area contributed by atoms with Gasteiger partial charge < -0.3 is 4.40 Å². The van der Waals surface area contributed by atoms with E-state index in [0.29, 0.717) is 16.8 Å². The summed E-state index contributed by atoms with van der Waals surface area (Å²) < 4.78 is 1.92. The van der Waals surface area contributed by atoms with Crippen molar-refractivity contribution in [2.75, 3.05) is 0 Å². The van der Waals surface area contributed by atoms with Gasteiger partial charge in [-0.15, -0.1) is 0 Å². The van der Waals surface area contributed by atoms with E-state index in [1.54, 1.807) is 24.3 Å². The number of imide groups is 1. The minimum Gasteiger partial charge on any atom is -0.307 e. The molecule has 1 atom stereocenters. The van der Waals surface area contributed by atoms with Crippen molar-refractivity contribution in [3.05, 3.63) is 71.2 Å². The molecule has 114 valence electrons. The molecule has 1 aliphatic rings. The van der Waals surface area contributed by atoms with Gasteiger partial charge in [-0.2, -0.15) is 0 Å². The Labute approximate surface area is 133 Å². The van der Waals surface area contributed by atoms with Crippen molar-refractivity contribution in [1.82, 2.24) is 14.3 Å². The van der Waals surface area contributed by atoms with E-state index in [9.17, 15) is 9.59 Å². The molecule has 0 radical (unpaired) electrons. The van der Waals surface area contributed by atoms with Gasteiger partial charge in [0.05, 0.1) is 22.9 Å². The van der Waals surface area contributed by atoms with Gasteiger partial charge in [-0.05, 0) is 37.6 Å². The molecule has 0 N–H and O–H groups in total. The quantitative estimate of drug-likeness (QED) is 0.684. The van der Waals surface area contributed by atoms with Gasteiger partial charge in [0.15, 0.2) is 0 Å². The Balaban J connectivity index is 1.77. The smallest absolute Gasteiger partial charge is 0.262 e. The topological polar surface area (TPSA) is 54.7 Å². The number of benzene rings is 1. The zero-order valence-electron chi connectivity index (χ0n) is 12.9. The van der Waals surface area contributed by atoms with Crippen molar-refractivity contribution in [2.45, 2.75) is 19.9 Å². The van der Waals surface area contributed by atoms with E-state index in [0.717, 1.165) is 11.2 Å². The predicted molar refractivity (Wildman–Crippen MR) is 85.3 cm³/mol. The third-order valence-corrected chi connectivity index (χ3v) is 4.34. The molecule has 3 heterocycles. The molecule has 1 aromatic carbocycles. The first-order valence-corrected chi connectivity index (χ1v) is 7.49. The summed E-state index contributed by atoms with van der Waals surface area (Å²) >= 11 is 0. The standard InChI is InChI=1S/C18H15N3O2/c1-11-6-5-9-20-10-15(19-16(11)20)12(2)21-17(22)13-7-3-4-8-14(13)18(21)23/h3-10,12H,1-2H3. The molecule has 2 amide bonds. The van der Waals surface area contributed by atoms with Crippen molar-refractivity contribution in [2.24, 2.45) is 0 Å². The number of rotatable bonds is 2. The summed E-state index contributed by atoms with van der Waals surface area (Å²) in [5.74, 6) is -0.515. The fraction of sp³-hybridized carbons (Fsp3) is 0.167. The number of aryl methyl sites for hydroxylation is 1. The first-order valence-electron chi connectivity index (χ1n) is 7.49. The molecule has 23 heavy (non-hydrogen) atoms. The minimum atomic E-state index is -0.415. The molecule has 0 aliphatic carbocycles. The van der Waals surface area contributed by atoms with Crippen LogP contribution in [0, 0.1) is 6.92 Å². The lowest BCUT2D eigenvalue weighted by Gasteiger charge is -2.20. The molecule has 5 heteroatoms. The lowest BCUT2D eigenvalue weighted by atomic mass is 10.1. The summed E-state index contributed by atoms with van der Waals surface area (Å²) in [5.41, 5.74) is 3.52. The van der Waals surface area contributed by atoms with Crippen LogP contribution in [0.1, 0.15) is 44.9 Å². The average molecular weight is 305 g/mol. The van der Waals surface area contributed by atoms with E-state index < -0.39 is 6.04 Å². The number of hydrogen-bond donors (Lipinski definition) is 0. The second-order valence-electron chi connectivity index (χ2n) is 5.79. The Morgan fingerprint density at radius 1 is 1.00 bits per heavy atom. The van der Waals surface area contributed by atoms with Crippen LogP contribution in [-0.2, 0) is 0 Å². The fourth-order valence-electron chi connectivity index (χ4n) is 3.07. The zero-order valence-corrected chi connectivity index (χ0v) is 12.9. The molecule has 1 unspecified atom stereocenters. The summed E-state index contributed by atoms with van der Waals surface area (Å²) in [7, 11) is 0. The van der Waals surface area contributed by atoms with Gasteiger partial charge in [-0.3, -0.25) is 14.5 Å². The largest absolute Gasteiger partial charge is 0.307 e. The number of carbonyl (C=O) groups is 2. The Bertz CT molecular complexity index is 923. The number of hydrogen-bond acceptors (Lipinski definition) is 3. The van der Waals surface area contributed by atoms with E-state index in [1.807, 2.05) is 42.8 Å². The maximum absolute atomic E-state index is 12.6. The Morgan fingerprint density at radius 2 is 1.65 bits per heavy atom. The van der Waals surface area contributed by atoms with Crippen molar-refractivity contribution < 1.29 is 9.59 Å². The fourth-order valence-corrected chi connectivity index (χ4v) is 3.07. The molecule has 0 bridgehead atoms. The summed E-state index contributed by atoms with van der Waals surface area (Å²) in [6, 6.07) is 10.4. The van der Waals surface area contributed by atoms with Crippen LogP contribution in [0.3, 0.4) is 0 Å².